The molecule has 1 heterocycles. The number of hydrogen-bond acceptors (Lipinski definition) is 5. The van der Waals surface area contributed by atoms with Crippen LogP contribution >= 0.6 is 22.6 Å². The Labute approximate surface area is 160 Å². The van der Waals surface area contributed by atoms with Gasteiger partial charge in [-0.1, -0.05) is 0 Å². The van der Waals surface area contributed by atoms with E-state index in [1.807, 2.05) is 22.9 Å². The predicted octanol–water partition coefficient (Wildman–Crippen LogP) is 2.80. The summed E-state index contributed by atoms with van der Waals surface area (Å²) in [6.45, 7) is 0.473. The molecule has 0 unspecified atom stereocenters. The second-order valence-corrected chi connectivity index (χ2v) is 6.20. The SMILES string of the molecule is COc1cc(Cn2cccc2C(=O)N(C)OC)c(I)c(OC)c1OC. The van der Waals surface area contributed by atoms with Crippen molar-refractivity contribution in [3.8, 4) is 17.2 Å². The molecule has 0 aliphatic heterocycles. The van der Waals surface area contributed by atoms with Crippen LogP contribution in [0.1, 0.15) is 16.1 Å². The van der Waals surface area contributed by atoms with Gasteiger partial charge in [-0.2, -0.15) is 0 Å². The van der Waals surface area contributed by atoms with E-state index < -0.39 is 0 Å². The monoisotopic (exact) mass is 460 g/mol. The van der Waals surface area contributed by atoms with E-state index in [-0.39, 0.29) is 5.91 Å². The molecule has 2 rings (SSSR count). The number of benzene rings is 1. The van der Waals surface area contributed by atoms with Crippen molar-refractivity contribution in [2.75, 3.05) is 35.5 Å². The Hall–Kier alpha value is -1.94. The Morgan fingerprint density at radius 1 is 1.16 bits per heavy atom. The zero-order valence-corrected chi connectivity index (χ0v) is 17.0. The summed E-state index contributed by atoms with van der Waals surface area (Å²) in [7, 11) is 7.75. The lowest BCUT2D eigenvalue weighted by atomic mass is 10.1. The summed E-state index contributed by atoms with van der Waals surface area (Å²) in [5, 5.41) is 1.19. The highest BCUT2D eigenvalue weighted by Gasteiger charge is 2.21. The van der Waals surface area contributed by atoms with E-state index >= 15 is 0 Å². The Bertz CT molecular complexity index is 760. The van der Waals surface area contributed by atoms with Crippen molar-refractivity contribution >= 4 is 28.5 Å². The normalized spacial score (nSPS) is 10.5. The zero-order chi connectivity index (χ0) is 18.6. The maximum atomic E-state index is 12.4. The fourth-order valence-corrected chi connectivity index (χ4v) is 3.25. The Morgan fingerprint density at radius 3 is 2.40 bits per heavy atom. The quantitative estimate of drug-likeness (QED) is 0.470. The molecule has 8 heteroatoms. The third kappa shape index (κ3) is 3.84. The van der Waals surface area contributed by atoms with E-state index in [2.05, 4.69) is 22.6 Å². The fourth-order valence-electron chi connectivity index (χ4n) is 2.46. The lowest BCUT2D eigenvalue weighted by Gasteiger charge is -2.19. The van der Waals surface area contributed by atoms with Gasteiger partial charge in [-0.05, 0) is 46.4 Å². The number of methoxy groups -OCH3 is 3. The predicted molar refractivity (Wildman–Crippen MR) is 101 cm³/mol. The van der Waals surface area contributed by atoms with E-state index in [0.717, 1.165) is 9.13 Å². The molecule has 136 valence electrons. The van der Waals surface area contributed by atoms with Crippen molar-refractivity contribution in [2.24, 2.45) is 0 Å². The number of carbonyl (C=O) groups excluding carboxylic acids is 1. The first-order valence-electron chi connectivity index (χ1n) is 7.43. The molecule has 7 nitrogen and oxygen atoms in total. The van der Waals surface area contributed by atoms with E-state index in [1.165, 1.54) is 12.2 Å². The number of nitrogens with zero attached hydrogens (tertiary/aromatic N) is 2. The molecule has 0 aliphatic rings. The van der Waals surface area contributed by atoms with Crippen LogP contribution in [0.2, 0.25) is 0 Å². The number of halogens is 1. The highest BCUT2D eigenvalue weighted by atomic mass is 127. The molecular formula is C17H21IN2O5. The molecular weight excluding hydrogens is 439 g/mol. The molecule has 25 heavy (non-hydrogen) atoms. The fraction of sp³-hybridized carbons (Fsp3) is 0.353. The summed E-state index contributed by atoms with van der Waals surface area (Å²) in [6, 6.07) is 5.46. The molecule has 1 aromatic heterocycles. The van der Waals surface area contributed by atoms with Gasteiger partial charge in [0.15, 0.2) is 11.5 Å². The van der Waals surface area contributed by atoms with Crippen LogP contribution in [0.15, 0.2) is 24.4 Å². The minimum Gasteiger partial charge on any atom is -0.493 e. The molecule has 0 spiro atoms. The van der Waals surface area contributed by atoms with E-state index in [4.69, 9.17) is 19.0 Å². The molecule has 0 fully saturated rings. The van der Waals surface area contributed by atoms with Crippen LogP contribution in [-0.4, -0.2) is 51.0 Å². The van der Waals surface area contributed by atoms with Gasteiger partial charge in [0.1, 0.15) is 5.69 Å². The van der Waals surface area contributed by atoms with Gasteiger partial charge in [0, 0.05) is 19.8 Å². The second-order valence-electron chi connectivity index (χ2n) is 5.12. The summed E-state index contributed by atoms with van der Waals surface area (Å²) in [5.74, 6) is 1.49. The second kappa shape index (κ2) is 8.43. The summed E-state index contributed by atoms with van der Waals surface area (Å²) >= 11 is 2.20. The number of aromatic nitrogens is 1. The molecule has 0 saturated carbocycles. The van der Waals surface area contributed by atoms with Crippen LogP contribution in [0.5, 0.6) is 17.2 Å². The van der Waals surface area contributed by atoms with Crippen LogP contribution in [-0.2, 0) is 11.4 Å². The maximum absolute atomic E-state index is 12.4. The number of ether oxygens (including phenoxy) is 3. The number of hydroxylamine groups is 2. The van der Waals surface area contributed by atoms with Gasteiger partial charge in [-0.3, -0.25) is 9.63 Å². The molecule has 0 aliphatic carbocycles. The molecule has 0 saturated heterocycles. The van der Waals surface area contributed by atoms with Crippen molar-refractivity contribution < 1.29 is 23.8 Å². The highest BCUT2D eigenvalue weighted by Crippen LogP contribution is 2.42. The summed E-state index contributed by atoms with van der Waals surface area (Å²) in [4.78, 5) is 17.4. The maximum Gasteiger partial charge on any atom is 0.293 e. The van der Waals surface area contributed by atoms with E-state index in [0.29, 0.717) is 29.5 Å². The standard InChI is InChI=1S/C17H21IN2O5/c1-19(25-5)17(21)12-7-6-8-20(12)10-11-9-13(22-2)15(23-3)16(24-4)14(11)18/h6-9H,10H2,1-5H3. The summed E-state index contributed by atoms with van der Waals surface area (Å²) in [5.41, 5.74) is 1.47. The minimum absolute atomic E-state index is 0.227. The molecule has 0 bridgehead atoms. The molecule has 2 aromatic rings. The van der Waals surface area contributed by atoms with Crippen LogP contribution in [0.25, 0.3) is 0 Å². The molecule has 0 atom stereocenters. The Kier molecular flexibility index (Phi) is 6.54. The van der Waals surface area contributed by atoms with Crippen LogP contribution in [0.4, 0.5) is 0 Å². The minimum atomic E-state index is -0.227. The van der Waals surface area contributed by atoms with Crippen molar-refractivity contribution in [2.45, 2.75) is 6.54 Å². The first-order chi connectivity index (χ1) is 12.0. The van der Waals surface area contributed by atoms with Crippen molar-refractivity contribution in [1.82, 2.24) is 9.63 Å². The summed E-state index contributed by atoms with van der Waals surface area (Å²) in [6.07, 6.45) is 1.84. The molecule has 1 aromatic carbocycles. The lowest BCUT2D eigenvalue weighted by Crippen LogP contribution is -2.27. The Morgan fingerprint density at radius 2 is 1.84 bits per heavy atom. The first kappa shape index (κ1) is 19.4. The van der Waals surface area contributed by atoms with Crippen LogP contribution in [0, 0.1) is 3.57 Å². The zero-order valence-electron chi connectivity index (χ0n) is 14.8. The topological polar surface area (TPSA) is 62.2 Å². The molecule has 0 radical (unpaired) electrons. The molecule has 1 amide bonds. The van der Waals surface area contributed by atoms with Crippen LogP contribution in [0.3, 0.4) is 0 Å². The van der Waals surface area contributed by atoms with Crippen molar-refractivity contribution in [1.29, 1.82) is 0 Å². The van der Waals surface area contributed by atoms with Gasteiger partial charge in [0.25, 0.3) is 5.91 Å². The van der Waals surface area contributed by atoms with Gasteiger partial charge >= 0.3 is 0 Å². The van der Waals surface area contributed by atoms with Gasteiger partial charge in [0.05, 0.1) is 32.0 Å². The third-order valence-electron chi connectivity index (χ3n) is 3.79. The van der Waals surface area contributed by atoms with Gasteiger partial charge in [-0.15, -0.1) is 0 Å². The average Bonchev–Trinajstić information content (AvgIpc) is 3.09. The van der Waals surface area contributed by atoms with Crippen molar-refractivity contribution in [3.05, 3.63) is 39.2 Å². The van der Waals surface area contributed by atoms with E-state index in [9.17, 15) is 4.79 Å². The Balaban J connectivity index is 2.46. The largest absolute Gasteiger partial charge is 0.493 e. The van der Waals surface area contributed by atoms with Gasteiger partial charge in [-0.25, -0.2) is 5.06 Å². The smallest absolute Gasteiger partial charge is 0.293 e. The van der Waals surface area contributed by atoms with E-state index in [1.54, 1.807) is 34.4 Å². The highest BCUT2D eigenvalue weighted by molar-refractivity contribution is 14.1. The average molecular weight is 460 g/mol. The van der Waals surface area contributed by atoms with Gasteiger partial charge < -0.3 is 18.8 Å². The van der Waals surface area contributed by atoms with Crippen LogP contribution < -0.4 is 14.2 Å². The molecule has 0 N–H and O–H groups in total. The lowest BCUT2D eigenvalue weighted by molar-refractivity contribution is -0.0762. The number of amides is 1. The number of carbonyl (C=O) groups is 1. The van der Waals surface area contributed by atoms with Crippen molar-refractivity contribution in [3.63, 3.8) is 0 Å². The summed E-state index contributed by atoms with van der Waals surface area (Å²) < 4.78 is 19.0. The number of hydrogen-bond donors (Lipinski definition) is 0. The number of rotatable bonds is 7. The first-order valence-corrected chi connectivity index (χ1v) is 8.50. The third-order valence-corrected chi connectivity index (χ3v) is 4.98. The van der Waals surface area contributed by atoms with Gasteiger partial charge in [0.2, 0.25) is 5.75 Å².